The number of nitriles is 1. The minimum Gasteiger partial charge on any atom is -0.308 e. The molecule has 0 atom stereocenters. The quantitative estimate of drug-likeness (QED) is 0.160. The van der Waals surface area contributed by atoms with Crippen LogP contribution in [0.5, 0.6) is 0 Å². The smallest absolute Gasteiger partial charge is 0.133 e. The molecule has 0 spiro atoms. The number of nitrogens with zero attached hydrogens (tertiary/aromatic N) is 5. The van der Waals surface area contributed by atoms with Gasteiger partial charge in [0.25, 0.3) is 0 Å². The van der Waals surface area contributed by atoms with Gasteiger partial charge in [-0.05, 0) is 78.4 Å². The maximum Gasteiger partial charge on any atom is 0.133 e. The summed E-state index contributed by atoms with van der Waals surface area (Å²) in [5, 5.41) is 15.4. The van der Waals surface area contributed by atoms with Crippen LogP contribution < -0.4 is 0 Å². The molecule has 0 aliphatic carbocycles. The Kier molecular flexibility index (Phi) is 9.18. The zero-order valence-electron chi connectivity index (χ0n) is 35.2. The van der Waals surface area contributed by atoms with E-state index in [0.29, 0.717) is 16.9 Å². The average Bonchev–Trinajstić information content (AvgIpc) is 3.88. The van der Waals surface area contributed by atoms with Crippen molar-refractivity contribution in [2.45, 2.75) is 0 Å². The van der Waals surface area contributed by atoms with Gasteiger partial charge in [-0.3, -0.25) is 0 Å². The maximum atomic E-state index is 16.1. The van der Waals surface area contributed by atoms with Crippen molar-refractivity contribution < 1.29 is 8.78 Å². The van der Waals surface area contributed by atoms with E-state index >= 15 is 8.78 Å². The van der Waals surface area contributed by atoms with Gasteiger partial charge in [0.05, 0.1) is 61.8 Å². The Morgan fingerprint density at radius 1 is 0.348 bits per heavy atom. The molecule has 4 aromatic heterocycles. The van der Waals surface area contributed by atoms with Gasteiger partial charge >= 0.3 is 0 Å². The second-order valence-corrected chi connectivity index (χ2v) is 16.3. The SMILES string of the molecule is N#Cc1c(-n2c3ccccc3c3ccc(-c4cccc(-c5ccccc5)n4)cc32)cc(-c2c(F)cccc2F)cc1-n1c2ccccc2c2ccc(-c3cccc(-c4ccccc4)n3)cc21. The Labute approximate surface area is 378 Å². The van der Waals surface area contributed by atoms with Gasteiger partial charge in [0, 0.05) is 43.8 Å². The first-order valence-electron chi connectivity index (χ1n) is 21.7. The molecule has 5 nitrogen and oxygen atoms in total. The van der Waals surface area contributed by atoms with Gasteiger partial charge in [0.1, 0.15) is 23.3 Å². The fourth-order valence-corrected chi connectivity index (χ4v) is 9.51. The van der Waals surface area contributed by atoms with Gasteiger partial charge in [-0.25, -0.2) is 18.7 Å². The summed E-state index contributed by atoms with van der Waals surface area (Å²) in [7, 11) is 0. The summed E-state index contributed by atoms with van der Waals surface area (Å²) in [6.45, 7) is 0. The third kappa shape index (κ3) is 6.35. The molecule has 0 bridgehead atoms. The molecule has 0 saturated carbocycles. The molecule has 0 amide bonds. The normalized spacial score (nSPS) is 11.5. The monoisotopic (exact) mass is 851 g/mol. The van der Waals surface area contributed by atoms with Crippen molar-refractivity contribution in [2.24, 2.45) is 0 Å². The Balaban J connectivity index is 1.15. The molecule has 0 radical (unpaired) electrons. The third-order valence-electron chi connectivity index (χ3n) is 12.5. The van der Waals surface area contributed by atoms with Crippen LogP contribution >= 0.6 is 0 Å². The lowest BCUT2D eigenvalue weighted by Crippen LogP contribution is -2.06. The molecule has 0 saturated heterocycles. The number of hydrogen-bond donors (Lipinski definition) is 0. The summed E-state index contributed by atoms with van der Waals surface area (Å²) < 4.78 is 36.4. The van der Waals surface area contributed by atoms with Crippen molar-refractivity contribution in [1.29, 1.82) is 5.26 Å². The number of hydrogen-bond acceptors (Lipinski definition) is 3. The fourth-order valence-electron chi connectivity index (χ4n) is 9.51. The molecular formula is C59H35F2N5. The Bertz CT molecular complexity index is 3680. The molecule has 0 aliphatic heterocycles. The molecular weight excluding hydrogens is 817 g/mol. The minimum absolute atomic E-state index is 0.184. The van der Waals surface area contributed by atoms with Gasteiger partial charge in [0.15, 0.2) is 0 Å². The van der Waals surface area contributed by atoms with E-state index in [1.807, 2.05) is 133 Å². The number of aromatic nitrogens is 4. The van der Waals surface area contributed by atoms with E-state index in [0.717, 1.165) is 88.6 Å². The van der Waals surface area contributed by atoms with Crippen LogP contribution in [0.4, 0.5) is 8.78 Å². The fraction of sp³-hybridized carbons (Fsp3) is 0. The number of pyridine rings is 2. The zero-order chi connectivity index (χ0) is 44.3. The zero-order valence-corrected chi connectivity index (χ0v) is 35.2. The van der Waals surface area contributed by atoms with Crippen molar-refractivity contribution >= 4 is 43.6 Å². The average molecular weight is 852 g/mol. The summed E-state index contributed by atoms with van der Waals surface area (Å²) in [6.07, 6.45) is 0. The predicted octanol–water partition coefficient (Wildman–Crippen LogP) is 15.2. The van der Waals surface area contributed by atoms with Crippen LogP contribution in [-0.2, 0) is 0 Å². The Morgan fingerprint density at radius 3 is 1.20 bits per heavy atom. The van der Waals surface area contributed by atoms with E-state index in [2.05, 4.69) is 63.7 Å². The van der Waals surface area contributed by atoms with Crippen molar-refractivity contribution in [1.82, 2.24) is 19.1 Å². The van der Waals surface area contributed by atoms with Crippen LogP contribution in [0.2, 0.25) is 0 Å². The van der Waals surface area contributed by atoms with E-state index in [1.165, 1.54) is 18.2 Å². The first-order valence-corrected chi connectivity index (χ1v) is 21.7. The number of rotatable bonds is 7. The maximum absolute atomic E-state index is 16.1. The highest BCUT2D eigenvalue weighted by Gasteiger charge is 2.25. The molecule has 4 heterocycles. The van der Waals surface area contributed by atoms with Crippen LogP contribution in [0.1, 0.15) is 5.56 Å². The van der Waals surface area contributed by atoms with Gasteiger partial charge in [-0.2, -0.15) is 5.26 Å². The van der Waals surface area contributed by atoms with E-state index in [9.17, 15) is 5.26 Å². The minimum atomic E-state index is -0.709. The molecule has 8 aromatic carbocycles. The number of halogens is 2. The summed E-state index contributed by atoms with van der Waals surface area (Å²) in [5.74, 6) is -1.42. The number of fused-ring (bicyclic) bond motifs is 6. The first kappa shape index (κ1) is 38.7. The van der Waals surface area contributed by atoms with Crippen molar-refractivity contribution in [3.63, 3.8) is 0 Å². The molecule has 0 unspecified atom stereocenters. The van der Waals surface area contributed by atoms with E-state index < -0.39 is 11.6 Å². The van der Waals surface area contributed by atoms with Crippen molar-refractivity contribution in [2.75, 3.05) is 0 Å². The summed E-state index contributed by atoms with van der Waals surface area (Å²) in [6, 6.07) is 70.6. The summed E-state index contributed by atoms with van der Waals surface area (Å²) >= 11 is 0. The van der Waals surface area contributed by atoms with E-state index in [-0.39, 0.29) is 11.1 Å². The largest absolute Gasteiger partial charge is 0.308 e. The Hall–Kier alpha value is -8.99. The van der Waals surface area contributed by atoms with E-state index in [1.54, 1.807) is 12.1 Å². The Morgan fingerprint density at radius 2 is 0.742 bits per heavy atom. The molecule has 0 aliphatic rings. The van der Waals surface area contributed by atoms with E-state index in [4.69, 9.17) is 9.97 Å². The predicted molar refractivity (Wildman–Crippen MR) is 263 cm³/mol. The van der Waals surface area contributed by atoms with Crippen LogP contribution in [0.15, 0.2) is 212 Å². The molecule has 12 rings (SSSR count). The second kappa shape index (κ2) is 15.7. The summed E-state index contributed by atoms with van der Waals surface area (Å²) in [4.78, 5) is 10.2. The lowest BCUT2D eigenvalue weighted by molar-refractivity contribution is 0.589. The molecule has 0 N–H and O–H groups in total. The first-order chi connectivity index (χ1) is 32.5. The summed E-state index contributed by atoms with van der Waals surface area (Å²) in [5.41, 5.74) is 11.7. The lowest BCUT2D eigenvalue weighted by atomic mass is 9.99. The standard InChI is InChI=1S/C59H35F2N5/c60-47-20-11-21-48(61)59(47)41-34-57(65-53-26-9-7-18-42(53)44-30-28-39(32-55(44)65)51-24-12-22-49(63-51)37-14-3-1-4-15-37)46(36-62)58(35-41)66-54-27-10-8-19-43(54)45-31-29-40(33-56(45)66)52-25-13-23-50(64-52)38-16-5-2-6-17-38/h1-35H. The molecule has 12 aromatic rings. The highest BCUT2D eigenvalue weighted by molar-refractivity contribution is 6.12. The van der Waals surface area contributed by atoms with Gasteiger partial charge in [-0.1, -0.05) is 140 Å². The van der Waals surface area contributed by atoms with Gasteiger partial charge in [-0.15, -0.1) is 0 Å². The van der Waals surface area contributed by atoms with Crippen molar-refractivity contribution in [3.05, 3.63) is 230 Å². The van der Waals surface area contributed by atoms with Gasteiger partial charge < -0.3 is 9.13 Å². The molecule has 0 fully saturated rings. The molecule has 310 valence electrons. The van der Waals surface area contributed by atoms with Crippen molar-refractivity contribution in [3.8, 4) is 73.6 Å². The lowest BCUT2D eigenvalue weighted by Gasteiger charge is -2.19. The highest BCUT2D eigenvalue weighted by Crippen LogP contribution is 2.42. The topological polar surface area (TPSA) is 59.4 Å². The highest BCUT2D eigenvalue weighted by atomic mass is 19.1. The van der Waals surface area contributed by atoms with Crippen LogP contribution in [0, 0.1) is 23.0 Å². The molecule has 66 heavy (non-hydrogen) atoms. The van der Waals surface area contributed by atoms with Crippen LogP contribution in [-0.4, -0.2) is 19.1 Å². The second-order valence-electron chi connectivity index (χ2n) is 16.3. The van der Waals surface area contributed by atoms with Gasteiger partial charge in [0.2, 0.25) is 0 Å². The number of para-hydroxylation sites is 2. The molecule has 7 heteroatoms. The van der Waals surface area contributed by atoms with Crippen LogP contribution in [0.25, 0.3) is 111 Å². The number of benzene rings is 8. The van der Waals surface area contributed by atoms with Crippen LogP contribution in [0.3, 0.4) is 0 Å². The third-order valence-corrected chi connectivity index (χ3v) is 12.5.